The van der Waals surface area contributed by atoms with Crippen LogP contribution in [0.25, 0.3) is 0 Å². The zero-order valence-corrected chi connectivity index (χ0v) is 10.5. The highest BCUT2D eigenvalue weighted by Gasteiger charge is 2.35. The number of rotatable bonds is 2. The summed E-state index contributed by atoms with van der Waals surface area (Å²) in [5.41, 5.74) is 1.24. The Morgan fingerprint density at radius 1 is 1.28 bits per heavy atom. The van der Waals surface area contributed by atoms with Crippen molar-refractivity contribution in [3.63, 3.8) is 0 Å². The lowest BCUT2D eigenvalue weighted by Crippen LogP contribution is -2.61. The molecule has 18 heavy (non-hydrogen) atoms. The van der Waals surface area contributed by atoms with E-state index in [2.05, 4.69) is 15.2 Å². The van der Waals surface area contributed by atoms with Gasteiger partial charge < -0.3 is 5.32 Å². The van der Waals surface area contributed by atoms with Crippen LogP contribution in [0, 0.1) is 0 Å². The van der Waals surface area contributed by atoms with Crippen LogP contribution in [-0.2, 0) is 11.3 Å². The Labute approximate surface area is 107 Å². The maximum Gasteiger partial charge on any atom is 0.234 e. The highest BCUT2D eigenvalue weighted by molar-refractivity contribution is 5.79. The van der Waals surface area contributed by atoms with E-state index >= 15 is 0 Å². The molecule has 96 valence electrons. The summed E-state index contributed by atoms with van der Waals surface area (Å²) in [4.78, 5) is 18.1. The first kappa shape index (κ1) is 11.7. The molecule has 1 aromatic rings. The second-order valence-electron chi connectivity index (χ2n) is 5.29. The molecule has 1 N–H and O–H groups in total. The van der Waals surface area contributed by atoms with E-state index in [4.69, 9.17) is 0 Å². The molecule has 0 radical (unpaired) electrons. The summed E-state index contributed by atoms with van der Waals surface area (Å²) in [6, 6.07) is 4.95. The number of fused-ring (bicyclic) bond motifs is 1. The first-order chi connectivity index (χ1) is 8.83. The summed E-state index contributed by atoms with van der Waals surface area (Å²) in [6.45, 7) is 1.39. The van der Waals surface area contributed by atoms with Gasteiger partial charge in [0.25, 0.3) is 0 Å². The SMILES string of the molecule is O=C1CN(Cc2ccncc2)C2CCCCC2N1. The Bertz CT molecular complexity index is 420. The molecule has 3 rings (SSSR count). The summed E-state index contributed by atoms with van der Waals surface area (Å²) < 4.78 is 0. The van der Waals surface area contributed by atoms with Gasteiger partial charge in [0.2, 0.25) is 5.91 Å². The average molecular weight is 245 g/mol. The summed E-state index contributed by atoms with van der Waals surface area (Å²) >= 11 is 0. The lowest BCUT2D eigenvalue weighted by molar-refractivity contribution is -0.128. The van der Waals surface area contributed by atoms with Crippen LogP contribution >= 0.6 is 0 Å². The predicted molar refractivity (Wildman–Crippen MR) is 68.8 cm³/mol. The molecule has 1 amide bonds. The number of pyridine rings is 1. The van der Waals surface area contributed by atoms with Crippen molar-refractivity contribution in [1.82, 2.24) is 15.2 Å². The van der Waals surface area contributed by atoms with Gasteiger partial charge in [-0.3, -0.25) is 14.7 Å². The predicted octanol–water partition coefficient (Wildman–Crippen LogP) is 1.32. The lowest BCUT2D eigenvalue weighted by Gasteiger charge is -2.44. The minimum atomic E-state index is 0.173. The van der Waals surface area contributed by atoms with Crippen molar-refractivity contribution in [2.45, 2.75) is 44.3 Å². The second-order valence-corrected chi connectivity index (χ2v) is 5.29. The highest BCUT2D eigenvalue weighted by atomic mass is 16.2. The van der Waals surface area contributed by atoms with Crippen LogP contribution in [0.4, 0.5) is 0 Å². The monoisotopic (exact) mass is 245 g/mol. The second kappa shape index (κ2) is 5.06. The van der Waals surface area contributed by atoms with E-state index in [-0.39, 0.29) is 5.91 Å². The number of nitrogens with one attached hydrogen (secondary N) is 1. The van der Waals surface area contributed by atoms with Crippen LogP contribution in [-0.4, -0.2) is 34.4 Å². The van der Waals surface area contributed by atoms with Crippen molar-refractivity contribution < 1.29 is 4.79 Å². The molecule has 0 bridgehead atoms. The van der Waals surface area contributed by atoms with Crippen LogP contribution in [0.5, 0.6) is 0 Å². The van der Waals surface area contributed by atoms with Crippen LogP contribution in [0.3, 0.4) is 0 Å². The molecule has 1 aliphatic carbocycles. The topological polar surface area (TPSA) is 45.2 Å². The molecular weight excluding hydrogens is 226 g/mol. The van der Waals surface area contributed by atoms with Crippen molar-refractivity contribution in [2.75, 3.05) is 6.54 Å². The fourth-order valence-corrected chi connectivity index (χ4v) is 3.17. The molecule has 1 saturated carbocycles. The number of amides is 1. The fraction of sp³-hybridized carbons (Fsp3) is 0.571. The maximum absolute atomic E-state index is 11.8. The van der Waals surface area contributed by atoms with E-state index in [1.165, 1.54) is 24.8 Å². The van der Waals surface area contributed by atoms with Crippen molar-refractivity contribution in [3.05, 3.63) is 30.1 Å². The van der Waals surface area contributed by atoms with Crippen LogP contribution in [0.1, 0.15) is 31.2 Å². The van der Waals surface area contributed by atoms with Gasteiger partial charge in [-0.15, -0.1) is 0 Å². The Morgan fingerprint density at radius 3 is 2.89 bits per heavy atom. The van der Waals surface area contributed by atoms with E-state index in [1.54, 1.807) is 0 Å². The lowest BCUT2D eigenvalue weighted by atomic mass is 9.87. The minimum Gasteiger partial charge on any atom is -0.351 e. The largest absolute Gasteiger partial charge is 0.351 e. The highest BCUT2D eigenvalue weighted by Crippen LogP contribution is 2.26. The van der Waals surface area contributed by atoms with Crippen molar-refractivity contribution >= 4 is 5.91 Å². The van der Waals surface area contributed by atoms with Gasteiger partial charge >= 0.3 is 0 Å². The van der Waals surface area contributed by atoms with Gasteiger partial charge in [0.15, 0.2) is 0 Å². The summed E-state index contributed by atoms with van der Waals surface area (Å²) in [5.74, 6) is 0.173. The fourth-order valence-electron chi connectivity index (χ4n) is 3.17. The number of carbonyl (C=O) groups is 1. The van der Waals surface area contributed by atoms with E-state index in [1.807, 2.05) is 24.5 Å². The van der Waals surface area contributed by atoms with Crippen molar-refractivity contribution in [2.24, 2.45) is 0 Å². The van der Waals surface area contributed by atoms with Crippen molar-refractivity contribution in [1.29, 1.82) is 0 Å². The summed E-state index contributed by atoms with van der Waals surface area (Å²) in [7, 11) is 0. The van der Waals surface area contributed by atoms with Crippen LogP contribution in [0.2, 0.25) is 0 Å². The van der Waals surface area contributed by atoms with Gasteiger partial charge in [0, 0.05) is 31.0 Å². The number of nitrogens with zero attached hydrogens (tertiary/aromatic N) is 2. The maximum atomic E-state index is 11.8. The third-order valence-electron chi connectivity index (χ3n) is 4.03. The molecular formula is C14H19N3O. The molecule has 4 nitrogen and oxygen atoms in total. The van der Waals surface area contributed by atoms with Gasteiger partial charge in [0.1, 0.15) is 0 Å². The Kier molecular flexibility index (Phi) is 3.28. The third-order valence-corrected chi connectivity index (χ3v) is 4.03. The van der Waals surface area contributed by atoms with E-state index in [9.17, 15) is 4.79 Å². The zero-order valence-electron chi connectivity index (χ0n) is 10.5. The van der Waals surface area contributed by atoms with Crippen LogP contribution in [0.15, 0.2) is 24.5 Å². The average Bonchev–Trinajstić information content (AvgIpc) is 2.40. The Balaban J connectivity index is 1.74. The van der Waals surface area contributed by atoms with Gasteiger partial charge in [0.05, 0.1) is 6.54 Å². The number of aromatic nitrogens is 1. The molecule has 4 heteroatoms. The molecule has 2 atom stereocenters. The number of hydrogen-bond acceptors (Lipinski definition) is 3. The third kappa shape index (κ3) is 2.38. The number of hydrogen-bond donors (Lipinski definition) is 1. The first-order valence-corrected chi connectivity index (χ1v) is 6.75. The molecule has 0 spiro atoms. The smallest absolute Gasteiger partial charge is 0.234 e. The number of piperazine rings is 1. The van der Waals surface area contributed by atoms with Gasteiger partial charge in [-0.2, -0.15) is 0 Å². The summed E-state index contributed by atoms with van der Waals surface area (Å²) in [6.07, 6.45) is 8.49. The quantitative estimate of drug-likeness (QED) is 0.855. The molecule has 2 unspecified atom stereocenters. The zero-order chi connectivity index (χ0) is 12.4. The molecule has 0 aromatic carbocycles. The van der Waals surface area contributed by atoms with Crippen molar-refractivity contribution in [3.8, 4) is 0 Å². The Morgan fingerprint density at radius 2 is 2.06 bits per heavy atom. The normalized spacial score (nSPS) is 28.6. The van der Waals surface area contributed by atoms with Crippen LogP contribution < -0.4 is 5.32 Å². The molecule has 2 aliphatic rings. The van der Waals surface area contributed by atoms with Gasteiger partial charge in [-0.25, -0.2) is 0 Å². The number of carbonyl (C=O) groups excluding carboxylic acids is 1. The molecule has 2 heterocycles. The standard InChI is InChI=1S/C14H19N3O/c18-14-10-17(9-11-5-7-15-8-6-11)13-4-2-1-3-12(13)16-14/h5-8,12-13H,1-4,9-10H2,(H,16,18). The van der Waals surface area contributed by atoms with E-state index < -0.39 is 0 Å². The molecule has 1 aliphatic heterocycles. The minimum absolute atomic E-state index is 0.173. The first-order valence-electron chi connectivity index (χ1n) is 6.75. The van der Waals surface area contributed by atoms with E-state index in [0.717, 1.165) is 13.0 Å². The van der Waals surface area contributed by atoms with Gasteiger partial charge in [-0.1, -0.05) is 12.8 Å². The molecule has 1 aromatic heterocycles. The summed E-state index contributed by atoms with van der Waals surface area (Å²) in [5, 5.41) is 3.14. The van der Waals surface area contributed by atoms with E-state index in [0.29, 0.717) is 18.6 Å². The van der Waals surface area contributed by atoms with Gasteiger partial charge in [-0.05, 0) is 30.5 Å². The Hall–Kier alpha value is -1.42. The molecule has 1 saturated heterocycles. The molecule has 2 fully saturated rings.